The molecule has 0 aliphatic carbocycles. The zero-order valence-electron chi connectivity index (χ0n) is 13.5. The van der Waals surface area contributed by atoms with Crippen LogP contribution in [0, 0.1) is 0 Å². The van der Waals surface area contributed by atoms with Crippen molar-refractivity contribution in [3.63, 3.8) is 0 Å². The maximum absolute atomic E-state index is 12.5. The van der Waals surface area contributed by atoms with Crippen molar-refractivity contribution in [3.8, 4) is 11.1 Å². The number of pyridine rings is 2. The van der Waals surface area contributed by atoms with Crippen LogP contribution in [0.3, 0.4) is 0 Å². The number of nitrogen functional groups attached to an aromatic ring is 1. The molecule has 0 saturated heterocycles. The molecular formula is C19H17N5O. The van der Waals surface area contributed by atoms with Crippen molar-refractivity contribution in [3.05, 3.63) is 66.5 Å². The molecule has 0 fully saturated rings. The molecule has 0 atom stereocenters. The lowest BCUT2D eigenvalue weighted by molar-refractivity contribution is -0.117. The SMILES string of the molecule is Nc1ccc(-c2cnc3c(c2)N(Cc2ccccc2)C(=O)CN3)cn1. The first-order valence-corrected chi connectivity index (χ1v) is 8.01. The van der Waals surface area contributed by atoms with Gasteiger partial charge in [0, 0.05) is 23.5 Å². The van der Waals surface area contributed by atoms with Gasteiger partial charge in [-0.05, 0) is 23.8 Å². The van der Waals surface area contributed by atoms with Crippen LogP contribution in [0.5, 0.6) is 0 Å². The molecule has 1 aliphatic rings. The topological polar surface area (TPSA) is 84.1 Å². The number of rotatable bonds is 3. The average molecular weight is 331 g/mol. The van der Waals surface area contributed by atoms with Gasteiger partial charge in [-0.3, -0.25) is 4.79 Å². The van der Waals surface area contributed by atoms with E-state index in [-0.39, 0.29) is 12.5 Å². The molecule has 4 rings (SSSR count). The number of nitrogens with one attached hydrogen (secondary N) is 1. The largest absolute Gasteiger partial charge is 0.384 e. The maximum atomic E-state index is 12.5. The van der Waals surface area contributed by atoms with E-state index in [1.165, 1.54) is 0 Å². The highest BCUT2D eigenvalue weighted by Gasteiger charge is 2.25. The van der Waals surface area contributed by atoms with Crippen molar-refractivity contribution in [2.24, 2.45) is 0 Å². The van der Waals surface area contributed by atoms with Crippen molar-refractivity contribution in [1.82, 2.24) is 9.97 Å². The Balaban J connectivity index is 1.73. The molecule has 1 amide bonds. The molecule has 1 aromatic carbocycles. The van der Waals surface area contributed by atoms with Crippen LogP contribution < -0.4 is 16.0 Å². The smallest absolute Gasteiger partial charge is 0.246 e. The average Bonchev–Trinajstić information content (AvgIpc) is 2.65. The van der Waals surface area contributed by atoms with Gasteiger partial charge in [0.15, 0.2) is 5.82 Å². The van der Waals surface area contributed by atoms with E-state index >= 15 is 0 Å². The Morgan fingerprint density at radius 3 is 2.60 bits per heavy atom. The molecule has 3 N–H and O–H groups in total. The highest BCUT2D eigenvalue weighted by molar-refractivity contribution is 6.02. The van der Waals surface area contributed by atoms with E-state index in [1.807, 2.05) is 42.5 Å². The van der Waals surface area contributed by atoms with Crippen LogP contribution in [0.25, 0.3) is 11.1 Å². The number of fused-ring (bicyclic) bond motifs is 1. The number of anilines is 3. The third-order valence-corrected chi connectivity index (χ3v) is 4.17. The zero-order chi connectivity index (χ0) is 17.2. The number of hydrogen-bond donors (Lipinski definition) is 2. The standard InChI is InChI=1S/C19H17N5O/c20-17-7-6-14(9-21-17)15-8-16-19(22-10-15)23-11-18(25)24(16)12-13-4-2-1-3-5-13/h1-10H,11-12H2,(H2,20,21)(H,22,23). The fourth-order valence-electron chi connectivity index (χ4n) is 2.86. The van der Waals surface area contributed by atoms with E-state index in [0.717, 1.165) is 22.4 Å². The molecule has 0 saturated carbocycles. The van der Waals surface area contributed by atoms with Crippen LogP contribution in [0.4, 0.5) is 17.3 Å². The minimum Gasteiger partial charge on any atom is -0.384 e. The van der Waals surface area contributed by atoms with E-state index in [2.05, 4.69) is 15.3 Å². The summed E-state index contributed by atoms with van der Waals surface area (Å²) < 4.78 is 0. The van der Waals surface area contributed by atoms with Gasteiger partial charge < -0.3 is 16.0 Å². The first kappa shape index (κ1) is 15.1. The molecule has 6 heteroatoms. The number of nitrogens with zero attached hydrogens (tertiary/aromatic N) is 3. The summed E-state index contributed by atoms with van der Waals surface area (Å²) in [6.07, 6.45) is 3.48. The maximum Gasteiger partial charge on any atom is 0.246 e. The van der Waals surface area contributed by atoms with Crippen molar-refractivity contribution >= 4 is 23.2 Å². The second-order valence-electron chi connectivity index (χ2n) is 5.88. The van der Waals surface area contributed by atoms with E-state index in [9.17, 15) is 4.79 Å². The molecule has 1 aliphatic heterocycles. The monoisotopic (exact) mass is 331 g/mol. The number of carbonyl (C=O) groups excluding carboxylic acids is 1. The van der Waals surface area contributed by atoms with Gasteiger partial charge in [-0.2, -0.15) is 0 Å². The van der Waals surface area contributed by atoms with Gasteiger partial charge in [0.05, 0.1) is 18.8 Å². The molecule has 3 aromatic rings. The van der Waals surface area contributed by atoms with Crippen molar-refractivity contribution < 1.29 is 4.79 Å². The lowest BCUT2D eigenvalue weighted by Crippen LogP contribution is -2.39. The first-order chi connectivity index (χ1) is 12.2. The summed E-state index contributed by atoms with van der Waals surface area (Å²) in [5, 5.41) is 3.08. The van der Waals surface area contributed by atoms with Gasteiger partial charge in [0.2, 0.25) is 5.91 Å². The number of hydrogen-bond acceptors (Lipinski definition) is 5. The second kappa shape index (κ2) is 6.24. The summed E-state index contributed by atoms with van der Waals surface area (Å²) in [6, 6.07) is 15.5. The van der Waals surface area contributed by atoms with Crippen LogP contribution >= 0.6 is 0 Å². The Kier molecular flexibility index (Phi) is 3.78. The number of aromatic nitrogens is 2. The van der Waals surface area contributed by atoms with Crippen LogP contribution in [0.2, 0.25) is 0 Å². The first-order valence-electron chi connectivity index (χ1n) is 8.01. The fourth-order valence-corrected chi connectivity index (χ4v) is 2.86. The van der Waals surface area contributed by atoms with E-state index in [4.69, 9.17) is 5.73 Å². The van der Waals surface area contributed by atoms with E-state index in [0.29, 0.717) is 18.2 Å². The van der Waals surface area contributed by atoms with Crippen LogP contribution in [-0.2, 0) is 11.3 Å². The second-order valence-corrected chi connectivity index (χ2v) is 5.88. The highest BCUT2D eigenvalue weighted by atomic mass is 16.2. The van der Waals surface area contributed by atoms with Gasteiger partial charge in [-0.25, -0.2) is 9.97 Å². The Labute approximate surface area is 145 Å². The van der Waals surface area contributed by atoms with Crippen LogP contribution in [-0.4, -0.2) is 22.4 Å². The van der Waals surface area contributed by atoms with Gasteiger partial charge in [0.25, 0.3) is 0 Å². The predicted molar refractivity (Wildman–Crippen MR) is 98.0 cm³/mol. The van der Waals surface area contributed by atoms with Gasteiger partial charge in [-0.1, -0.05) is 30.3 Å². The van der Waals surface area contributed by atoms with Crippen LogP contribution in [0.1, 0.15) is 5.56 Å². The third kappa shape index (κ3) is 3.01. The van der Waals surface area contributed by atoms with Gasteiger partial charge in [0.1, 0.15) is 5.82 Å². The lowest BCUT2D eigenvalue weighted by Gasteiger charge is -2.30. The normalized spacial score (nSPS) is 13.3. The van der Waals surface area contributed by atoms with E-state index < -0.39 is 0 Å². The molecule has 0 radical (unpaired) electrons. The summed E-state index contributed by atoms with van der Waals surface area (Å²) in [5.74, 6) is 1.20. The Morgan fingerprint density at radius 2 is 1.84 bits per heavy atom. The third-order valence-electron chi connectivity index (χ3n) is 4.17. The Bertz CT molecular complexity index is 909. The fraction of sp³-hybridized carbons (Fsp3) is 0.105. The summed E-state index contributed by atoms with van der Waals surface area (Å²) >= 11 is 0. The number of benzene rings is 1. The molecule has 2 aromatic heterocycles. The molecule has 3 heterocycles. The number of carbonyl (C=O) groups is 1. The summed E-state index contributed by atoms with van der Waals surface area (Å²) in [7, 11) is 0. The minimum atomic E-state index is 0.0192. The van der Waals surface area contributed by atoms with Crippen molar-refractivity contribution in [2.75, 3.05) is 22.5 Å². The lowest BCUT2D eigenvalue weighted by atomic mass is 10.1. The Hall–Kier alpha value is -3.41. The molecular weight excluding hydrogens is 314 g/mol. The number of nitrogens with two attached hydrogens (primary N) is 1. The minimum absolute atomic E-state index is 0.0192. The molecule has 0 unspecified atom stereocenters. The zero-order valence-corrected chi connectivity index (χ0v) is 13.5. The molecule has 6 nitrogen and oxygen atoms in total. The number of amides is 1. The predicted octanol–water partition coefficient (Wildman–Crippen LogP) is 2.68. The summed E-state index contributed by atoms with van der Waals surface area (Å²) in [6.45, 7) is 0.759. The van der Waals surface area contributed by atoms with Crippen molar-refractivity contribution in [2.45, 2.75) is 6.54 Å². The molecule has 0 spiro atoms. The van der Waals surface area contributed by atoms with Gasteiger partial charge in [-0.15, -0.1) is 0 Å². The van der Waals surface area contributed by atoms with Crippen LogP contribution in [0.15, 0.2) is 60.9 Å². The van der Waals surface area contributed by atoms with E-state index in [1.54, 1.807) is 23.4 Å². The highest BCUT2D eigenvalue weighted by Crippen LogP contribution is 2.33. The quantitative estimate of drug-likeness (QED) is 0.771. The molecule has 0 bridgehead atoms. The molecule has 124 valence electrons. The Morgan fingerprint density at radius 1 is 1.04 bits per heavy atom. The van der Waals surface area contributed by atoms with Crippen molar-refractivity contribution in [1.29, 1.82) is 0 Å². The summed E-state index contributed by atoms with van der Waals surface area (Å²) in [5.41, 5.74) is 9.29. The molecule has 25 heavy (non-hydrogen) atoms. The summed E-state index contributed by atoms with van der Waals surface area (Å²) in [4.78, 5) is 22.8. The van der Waals surface area contributed by atoms with Gasteiger partial charge >= 0.3 is 0 Å².